The predicted molar refractivity (Wildman–Crippen MR) is 75.3 cm³/mol. The molecule has 2 unspecified atom stereocenters. The maximum Gasteiger partial charge on any atom is 0.391 e. The summed E-state index contributed by atoms with van der Waals surface area (Å²) in [4.78, 5) is 16.3. The molecule has 1 saturated carbocycles. The van der Waals surface area contributed by atoms with E-state index in [0.29, 0.717) is 23.4 Å². The van der Waals surface area contributed by atoms with Gasteiger partial charge in [-0.25, -0.2) is 4.98 Å². The van der Waals surface area contributed by atoms with Crippen LogP contribution in [0.2, 0.25) is 0 Å². The summed E-state index contributed by atoms with van der Waals surface area (Å²) in [6.45, 7) is 0. The lowest BCUT2D eigenvalue weighted by Crippen LogP contribution is -2.41. The molecule has 0 saturated heterocycles. The van der Waals surface area contributed by atoms with Gasteiger partial charge < -0.3 is 5.32 Å². The van der Waals surface area contributed by atoms with Gasteiger partial charge in [0.15, 0.2) is 0 Å². The van der Waals surface area contributed by atoms with E-state index in [9.17, 15) is 18.0 Å². The molecule has 1 fully saturated rings. The number of alkyl halides is 3. The van der Waals surface area contributed by atoms with E-state index in [2.05, 4.69) is 10.3 Å². The van der Waals surface area contributed by atoms with Gasteiger partial charge in [0, 0.05) is 12.2 Å². The number of hydrogen-bond donors (Lipinski definition) is 1. The molecule has 21 heavy (non-hydrogen) atoms. The van der Waals surface area contributed by atoms with Crippen LogP contribution in [0.4, 0.5) is 13.2 Å². The zero-order chi connectivity index (χ0) is 15.5. The van der Waals surface area contributed by atoms with Gasteiger partial charge in [-0.3, -0.25) is 4.79 Å². The minimum Gasteiger partial charge on any atom is -0.349 e. The Bertz CT molecular complexity index is 507. The summed E-state index contributed by atoms with van der Waals surface area (Å²) < 4.78 is 38.3. The molecule has 3 nitrogen and oxygen atoms in total. The SMILES string of the molecule is CSc1ncccc1C(=O)NC1CCCC(C(F)(F)F)C1. The lowest BCUT2D eigenvalue weighted by Gasteiger charge is -2.31. The third-order valence-corrected chi connectivity index (χ3v) is 4.39. The van der Waals surface area contributed by atoms with Gasteiger partial charge in [-0.2, -0.15) is 13.2 Å². The number of rotatable bonds is 3. The van der Waals surface area contributed by atoms with Crippen LogP contribution in [0.1, 0.15) is 36.0 Å². The van der Waals surface area contributed by atoms with E-state index >= 15 is 0 Å². The van der Waals surface area contributed by atoms with Crippen LogP contribution in [0.15, 0.2) is 23.4 Å². The molecule has 0 bridgehead atoms. The number of nitrogens with one attached hydrogen (secondary N) is 1. The third-order valence-electron chi connectivity index (χ3n) is 3.68. The van der Waals surface area contributed by atoms with Gasteiger partial charge >= 0.3 is 6.18 Å². The van der Waals surface area contributed by atoms with Crippen molar-refractivity contribution in [2.45, 2.75) is 42.9 Å². The standard InChI is InChI=1S/C14H17F3N2OS/c1-21-13-11(6-3-7-18-13)12(20)19-10-5-2-4-9(8-10)14(15,16)17/h3,6-7,9-10H,2,4-5,8H2,1H3,(H,19,20). The molecule has 1 aliphatic rings. The van der Waals surface area contributed by atoms with E-state index < -0.39 is 18.1 Å². The molecule has 0 spiro atoms. The van der Waals surface area contributed by atoms with Crippen molar-refractivity contribution in [1.29, 1.82) is 0 Å². The summed E-state index contributed by atoms with van der Waals surface area (Å²) in [7, 11) is 0. The number of carbonyl (C=O) groups excluding carboxylic acids is 1. The first-order valence-corrected chi connectivity index (χ1v) is 8.01. The Kier molecular flexibility index (Phi) is 5.13. The highest BCUT2D eigenvalue weighted by atomic mass is 32.2. The number of hydrogen-bond acceptors (Lipinski definition) is 3. The van der Waals surface area contributed by atoms with Gasteiger partial charge in [0.1, 0.15) is 5.03 Å². The predicted octanol–water partition coefficient (Wildman–Crippen LogP) is 3.65. The summed E-state index contributed by atoms with van der Waals surface area (Å²) in [6, 6.07) is 2.86. The third kappa shape index (κ3) is 4.12. The number of carbonyl (C=O) groups is 1. The lowest BCUT2D eigenvalue weighted by molar-refractivity contribution is -0.183. The molecular weight excluding hydrogens is 301 g/mol. The fraction of sp³-hybridized carbons (Fsp3) is 0.571. The summed E-state index contributed by atoms with van der Waals surface area (Å²) in [5.41, 5.74) is 0.416. The van der Waals surface area contributed by atoms with Gasteiger partial charge in [-0.15, -0.1) is 11.8 Å². The molecule has 2 rings (SSSR count). The average Bonchev–Trinajstić information content (AvgIpc) is 2.46. The molecule has 1 amide bonds. The molecule has 1 heterocycles. The number of thioether (sulfide) groups is 1. The van der Waals surface area contributed by atoms with Crippen molar-refractivity contribution in [1.82, 2.24) is 10.3 Å². The van der Waals surface area contributed by atoms with Crippen LogP contribution >= 0.6 is 11.8 Å². The van der Waals surface area contributed by atoms with Crippen molar-refractivity contribution >= 4 is 17.7 Å². The molecule has 1 aliphatic carbocycles. The average molecular weight is 318 g/mol. The number of halogens is 3. The Hall–Kier alpha value is -1.24. The topological polar surface area (TPSA) is 42.0 Å². The van der Waals surface area contributed by atoms with Crippen LogP contribution in [0.3, 0.4) is 0 Å². The number of nitrogens with zero attached hydrogens (tertiary/aromatic N) is 1. The molecule has 7 heteroatoms. The zero-order valence-corrected chi connectivity index (χ0v) is 12.4. The van der Waals surface area contributed by atoms with E-state index in [1.54, 1.807) is 24.6 Å². The minimum atomic E-state index is -4.18. The summed E-state index contributed by atoms with van der Waals surface area (Å²) in [5, 5.41) is 3.30. The summed E-state index contributed by atoms with van der Waals surface area (Å²) in [5.74, 6) is -1.66. The fourth-order valence-electron chi connectivity index (χ4n) is 2.61. The maximum absolute atomic E-state index is 12.8. The number of aromatic nitrogens is 1. The second kappa shape index (κ2) is 6.68. The Balaban J connectivity index is 2.02. The fourth-order valence-corrected chi connectivity index (χ4v) is 3.15. The van der Waals surface area contributed by atoms with Crippen LogP contribution < -0.4 is 5.32 Å². The van der Waals surface area contributed by atoms with Crippen molar-refractivity contribution in [3.63, 3.8) is 0 Å². The Morgan fingerprint density at radius 3 is 2.86 bits per heavy atom. The lowest BCUT2D eigenvalue weighted by atomic mass is 9.85. The van der Waals surface area contributed by atoms with Gasteiger partial charge in [0.05, 0.1) is 11.5 Å². The van der Waals surface area contributed by atoms with E-state index in [1.165, 1.54) is 11.8 Å². The van der Waals surface area contributed by atoms with E-state index in [4.69, 9.17) is 0 Å². The molecule has 1 aromatic heterocycles. The normalized spacial score (nSPS) is 22.9. The van der Waals surface area contributed by atoms with Crippen LogP contribution in [-0.2, 0) is 0 Å². The van der Waals surface area contributed by atoms with Gasteiger partial charge in [-0.05, 0) is 37.7 Å². The van der Waals surface area contributed by atoms with Crippen LogP contribution in [0, 0.1) is 5.92 Å². The first kappa shape index (κ1) is 16.1. The van der Waals surface area contributed by atoms with Crippen molar-refractivity contribution in [3.8, 4) is 0 Å². The highest BCUT2D eigenvalue weighted by molar-refractivity contribution is 7.98. The molecule has 2 atom stereocenters. The summed E-state index contributed by atoms with van der Waals surface area (Å²) >= 11 is 1.34. The smallest absolute Gasteiger partial charge is 0.349 e. The first-order valence-electron chi connectivity index (χ1n) is 6.78. The van der Waals surface area contributed by atoms with Crippen molar-refractivity contribution in [2.24, 2.45) is 5.92 Å². The second-order valence-electron chi connectivity index (χ2n) is 5.14. The number of amides is 1. The van der Waals surface area contributed by atoms with Gasteiger partial charge in [0.25, 0.3) is 5.91 Å². The van der Waals surface area contributed by atoms with Crippen molar-refractivity contribution in [2.75, 3.05) is 6.26 Å². The maximum atomic E-state index is 12.8. The van der Waals surface area contributed by atoms with E-state index in [-0.39, 0.29) is 18.7 Å². The first-order chi connectivity index (χ1) is 9.91. The molecule has 1 aromatic rings. The van der Waals surface area contributed by atoms with Crippen molar-refractivity contribution < 1.29 is 18.0 Å². The molecule has 116 valence electrons. The Morgan fingerprint density at radius 1 is 1.43 bits per heavy atom. The van der Waals surface area contributed by atoms with Gasteiger partial charge in [0.2, 0.25) is 0 Å². The van der Waals surface area contributed by atoms with Gasteiger partial charge in [-0.1, -0.05) is 6.42 Å². The highest BCUT2D eigenvalue weighted by Crippen LogP contribution is 2.37. The molecular formula is C14H17F3N2OS. The largest absolute Gasteiger partial charge is 0.391 e. The zero-order valence-electron chi connectivity index (χ0n) is 11.6. The molecule has 0 aromatic carbocycles. The van der Waals surface area contributed by atoms with Crippen molar-refractivity contribution in [3.05, 3.63) is 23.9 Å². The van der Waals surface area contributed by atoms with E-state index in [0.717, 1.165) is 0 Å². The van der Waals surface area contributed by atoms with Crippen LogP contribution in [0.25, 0.3) is 0 Å². The quantitative estimate of drug-likeness (QED) is 0.865. The van der Waals surface area contributed by atoms with Crippen LogP contribution in [0.5, 0.6) is 0 Å². The minimum absolute atomic E-state index is 0.0376. The molecule has 0 radical (unpaired) electrons. The monoisotopic (exact) mass is 318 g/mol. The van der Waals surface area contributed by atoms with Crippen LogP contribution in [-0.4, -0.2) is 29.4 Å². The van der Waals surface area contributed by atoms with E-state index in [1.807, 2.05) is 0 Å². The highest BCUT2D eigenvalue weighted by Gasteiger charge is 2.42. The Morgan fingerprint density at radius 2 is 2.19 bits per heavy atom. The second-order valence-corrected chi connectivity index (χ2v) is 5.93. The molecule has 0 aliphatic heterocycles. The molecule has 1 N–H and O–H groups in total. The summed E-state index contributed by atoms with van der Waals surface area (Å²) in [6.07, 6.45) is 0.401. The number of pyridine rings is 1. The Labute approximate surface area is 125 Å².